The fraction of sp³-hybridized carbons (Fsp3) is 0.250. The van der Waals surface area contributed by atoms with Gasteiger partial charge in [0.2, 0.25) is 0 Å². The van der Waals surface area contributed by atoms with Crippen LogP contribution < -0.4 is 9.47 Å². The van der Waals surface area contributed by atoms with Gasteiger partial charge >= 0.3 is 0 Å². The minimum absolute atomic E-state index is 0.0449. The van der Waals surface area contributed by atoms with Crippen molar-refractivity contribution >= 4 is 10.1 Å². The Labute approximate surface area is 164 Å². The third-order valence-corrected chi connectivity index (χ3v) is 5.46. The maximum absolute atomic E-state index is 12.2. The normalized spacial score (nSPS) is 11.4. The van der Waals surface area contributed by atoms with Crippen molar-refractivity contribution < 1.29 is 26.6 Å². The van der Waals surface area contributed by atoms with Gasteiger partial charge in [0.1, 0.15) is 11.5 Å². The maximum Gasteiger partial charge on any atom is 0.296 e. The molecule has 0 saturated carbocycles. The molecule has 0 unspecified atom stereocenters. The third-order valence-electron chi connectivity index (χ3n) is 4.13. The number of benzene rings is 2. The quantitative estimate of drug-likeness (QED) is 0.531. The molecule has 2 aromatic carbocycles. The molecule has 0 N–H and O–H groups in total. The van der Waals surface area contributed by atoms with Gasteiger partial charge in [0, 0.05) is 18.1 Å². The molecule has 0 saturated heterocycles. The predicted molar refractivity (Wildman–Crippen MR) is 103 cm³/mol. The molecule has 7 nitrogen and oxygen atoms in total. The molecule has 0 spiro atoms. The van der Waals surface area contributed by atoms with Crippen molar-refractivity contribution in [3.05, 3.63) is 59.9 Å². The van der Waals surface area contributed by atoms with Crippen LogP contribution in [0.25, 0.3) is 11.3 Å². The highest BCUT2D eigenvalue weighted by molar-refractivity contribution is 7.86. The molecule has 0 aliphatic carbocycles. The SMILES string of the molecule is COc1ccc(-c2cc(CCOS(=O)(=O)c3ccc(C)cc3)on2)cc1OC. The van der Waals surface area contributed by atoms with Gasteiger partial charge in [-0.1, -0.05) is 22.9 Å². The van der Waals surface area contributed by atoms with E-state index in [1.807, 2.05) is 13.0 Å². The average molecular weight is 403 g/mol. The summed E-state index contributed by atoms with van der Waals surface area (Å²) in [5.41, 5.74) is 2.38. The molecule has 148 valence electrons. The summed E-state index contributed by atoms with van der Waals surface area (Å²) in [5, 5.41) is 4.02. The molecule has 0 atom stereocenters. The lowest BCUT2D eigenvalue weighted by atomic mass is 10.1. The Kier molecular flexibility index (Phi) is 6.01. The number of nitrogens with zero attached hydrogens (tertiary/aromatic N) is 1. The van der Waals surface area contributed by atoms with Gasteiger partial charge in [-0.05, 0) is 37.3 Å². The van der Waals surface area contributed by atoms with Crippen molar-refractivity contribution in [3.63, 3.8) is 0 Å². The van der Waals surface area contributed by atoms with Crippen LogP contribution in [-0.2, 0) is 20.7 Å². The molecule has 0 aliphatic rings. The second-order valence-corrected chi connectivity index (χ2v) is 7.70. The van der Waals surface area contributed by atoms with Gasteiger partial charge in [-0.3, -0.25) is 4.18 Å². The summed E-state index contributed by atoms with van der Waals surface area (Å²) in [5.74, 6) is 1.71. The molecule has 0 fully saturated rings. The highest BCUT2D eigenvalue weighted by Gasteiger charge is 2.16. The van der Waals surface area contributed by atoms with Gasteiger partial charge in [0.05, 0.1) is 25.7 Å². The zero-order valence-electron chi connectivity index (χ0n) is 15.8. The summed E-state index contributed by atoms with van der Waals surface area (Å²) in [6.45, 7) is 1.84. The van der Waals surface area contributed by atoms with Crippen LogP contribution in [0.1, 0.15) is 11.3 Å². The van der Waals surface area contributed by atoms with Crippen molar-refractivity contribution in [3.8, 4) is 22.8 Å². The highest BCUT2D eigenvalue weighted by Crippen LogP contribution is 2.32. The number of ether oxygens (including phenoxy) is 2. The Morgan fingerprint density at radius 2 is 1.68 bits per heavy atom. The Bertz CT molecular complexity index is 1040. The number of rotatable bonds is 8. The second-order valence-electron chi connectivity index (χ2n) is 6.09. The number of methoxy groups -OCH3 is 2. The summed E-state index contributed by atoms with van der Waals surface area (Å²) in [6.07, 6.45) is 0.269. The highest BCUT2D eigenvalue weighted by atomic mass is 32.2. The lowest BCUT2D eigenvalue weighted by Gasteiger charge is -2.07. The number of hydrogen-bond acceptors (Lipinski definition) is 7. The lowest BCUT2D eigenvalue weighted by molar-refractivity contribution is 0.298. The maximum atomic E-state index is 12.2. The van der Waals surface area contributed by atoms with E-state index in [1.54, 1.807) is 44.6 Å². The Morgan fingerprint density at radius 1 is 0.964 bits per heavy atom. The van der Waals surface area contributed by atoms with E-state index in [2.05, 4.69) is 5.16 Å². The van der Waals surface area contributed by atoms with E-state index in [1.165, 1.54) is 12.1 Å². The van der Waals surface area contributed by atoms with E-state index in [0.717, 1.165) is 11.1 Å². The van der Waals surface area contributed by atoms with Gasteiger partial charge < -0.3 is 14.0 Å². The molecular formula is C20H21NO6S. The summed E-state index contributed by atoms with van der Waals surface area (Å²) in [7, 11) is -0.679. The first kappa shape index (κ1) is 19.9. The van der Waals surface area contributed by atoms with E-state index < -0.39 is 10.1 Å². The van der Waals surface area contributed by atoms with Crippen molar-refractivity contribution in [1.29, 1.82) is 0 Å². The van der Waals surface area contributed by atoms with Gasteiger partial charge in [-0.15, -0.1) is 0 Å². The molecule has 1 heterocycles. The first-order chi connectivity index (χ1) is 13.4. The van der Waals surface area contributed by atoms with E-state index in [0.29, 0.717) is 23.0 Å². The molecule has 0 bridgehead atoms. The fourth-order valence-electron chi connectivity index (χ4n) is 2.59. The first-order valence-corrected chi connectivity index (χ1v) is 9.98. The zero-order chi connectivity index (χ0) is 20.1. The third kappa shape index (κ3) is 4.52. The van der Waals surface area contributed by atoms with Gasteiger partial charge in [-0.25, -0.2) is 0 Å². The summed E-state index contributed by atoms with van der Waals surface area (Å²) in [4.78, 5) is 0.127. The van der Waals surface area contributed by atoms with Crippen molar-refractivity contribution in [1.82, 2.24) is 5.16 Å². The topological polar surface area (TPSA) is 87.9 Å². The summed E-state index contributed by atoms with van der Waals surface area (Å²) in [6, 6.07) is 13.6. The van der Waals surface area contributed by atoms with Crippen LogP contribution in [0.4, 0.5) is 0 Å². The summed E-state index contributed by atoms with van der Waals surface area (Å²) < 4.78 is 45.3. The molecule has 0 aliphatic heterocycles. The Balaban J connectivity index is 1.64. The van der Waals surface area contributed by atoms with Gasteiger partial charge in [0.15, 0.2) is 11.5 Å². The molecular weight excluding hydrogens is 382 g/mol. The zero-order valence-corrected chi connectivity index (χ0v) is 16.7. The predicted octanol–water partition coefficient (Wildman–Crippen LogP) is 3.62. The monoisotopic (exact) mass is 403 g/mol. The van der Waals surface area contributed by atoms with Crippen molar-refractivity contribution in [2.24, 2.45) is 0 Å². The van der Waals surface area contributed by atoms with Crippen LogP contribution in [0.15, 0.2) is 57.9 Å². The van der Waals surface area contributed by atoms with E-state index >= 15 is 0 Å². The molecule has 3 aromatic rings. The molecule has 28 heavy (non-hydrogen) atoms. The largest absolute Gasteiger partial charge is 0.493 e. The van der Waals surface area contributed by atoms with Crippen LogP contribution in [0.3, 0.4) is 0 Å². The van der Waals surface area contributed by atoms with Crippen LogP contribution in [0.2, 0.25) is 0 Å². The average Bonchev–Trinajstić information content (AvgIpc) is 3.16. The van der Waals surface area contributed by atoms with Crippen LogP contribution >= 0.6 is 0 Å². The standard InChI is InChI=1S/C20H21NO6S/c1-14-4-7-17(8-5-14)28(22,23)26-11-10-16-13-18(21-27-16)15-6-9-19(24-2)20(12-15)25-3/h4-9,12-13H,10-11H2,1-3H3. The molecule has 0 radical (unpaired) electrons. The summed E-state index contributed by atoms with van der Waals surface area (Å²) >= 11 is 0. The lowest BCUT2D eigenvalue weighted by Crippen LogP contribution is -2.09. The Morgan fingerprint density at radius 3 is 2.36 bits per heavy atom. The minimum atomic E-state index is -3.80. The smallest absolute Gasteiger partial charge is 0.296 e. The van der Waals surface area contributed by atoms with Gasteiger partial charge in [-0.2, -0.15) is 8.42 Å². The first-order valence-electron chi connectivity index (χ1n) is 8.57. The molecule has 0 amide bonds. The van der Waals surface area contributed by atoms with E-state index in [9.17, 15) is 8.42 Å². The minimum Gasteiger partial charge on any atom is -0.493 e. The van der Waals surface area contributed by atoms with Crippen molar-refractivity contribution in [2.75, 3.05) is 20.8 Å². The Hall–Kier alpha value is -2.84. The van der Waals surface area contributed by atoms with Crippen LogP contribution in [-0.4, -0.2) is 34.4 Å². The van der Waals surface area contributed by atoms with E-state index in [-0.39, 0.29) is 17.9 Å². The molecule has 3 rings (SSSR count). The molecule has 1 aromatic heterocycles. The number of aryl methyl sites for hydroxylation is 1. The fourth-order valence-corrected chi connectivity index (χ4v) is 3.50. The van der Waals surface area contributed by atoms with Crippen LogP contribution in [0.5, 0.6) is 11.5 Å². The number of hydrogen-bond donors (Lipinski definition) is 0. The van der Waals surface area contributed by atoms with E-state index in [4.69, 9.17) is 18.2 Å². The van der Waals surface area contributed by atoms with Gasteiger partial charge in [0.25, 0.3) is 10.1 Å². The van der Waals surface area contributed by atoms with Crippen LogP contribution in [0, 0.1) is 6.92 Å². The second kappa shape index (κ2) is 8.45. The van der Waals surface area contributed by atoms with Crippen molar-refractivity contribution in [2.45, 2.75) is 18.2 Å². The number of aromatic nitrogens is 1. The molecule has 8 heteroatoms.